The second-order valence-electron chi connectivity index (χ2n) is 5.97. The van der Waals surface area contributed by atoms with Crippen LogP contribution in [0.1, 0.15) is 46.2 Å². The first kappa shape index (κ1) is 16.4. The van der Waals surface area contributed by atoms with Crippen LogP contribution in [0.2, 0.25) is 0 Å². The minimum atomic E-state index is -0.728. The molecule has 0 heterocycles. The van der Waals surface area contributed by atoms with E-state index in [0.29, 0.717) is 11.3 Å². The Balaban J connectivity index is 2.87. The maximum absolute atomic E-state index is 13.3. The zero-order chi connectivity index (χ0) is 15.5. The van der Waals surface area contributed by atoms with Gasteiger partial charge in [-0.15, -0.1) is 0 Å². The van der Waals surface area contributed by atoms with E-state index in [1.54, 1.807) is 19.9 Å². The van der Waals surface area contributed by atoms with Crippen molar-refractivity contribution in [2.45, 2.75) is 52.3 Å². The fraction of sp³-hybridized carbons (Fsp3) is 0.533. The first-order valence-electron chi connectivity index (χ1n) is 6.64. The van der Waals surface area contributed by atoms with E-state index in [0.717, 1.165) is 0 Å². The molecule has 0 aromatic heterocycles. The van der Waals surface area contributed by atoms with E-state index in [9.17, 15) is 9.18 Å². The third kappa shape index (κ3) is 4.81. The molecule has 0 aliphatic heterocycles. The molecule has 1 aromatic carbocycles. The highest BCUT2D eigenvalue weighted by atomic mass is 19.1. The molecule has 1 amide bonds. The van der Waals surface area contributed by atoms with Crippen molar-refractivity contribution >= 4 is 5.91 Å². The monoisotopic (exact) mass is 282 g/mol. The van der Waals surface area contributed by atoms with Gasteiger partial charge in [0.25, 0.3) is 5.91 Å². The molecule has 0 aliphatic rings. The highest BCUT2D eigenvalue weighted by Gasteiger charge is 2.22. The molecule has 5 heteroatoms. The lowest BCUT2D eigenvalue weighted by Crippen LogP contribution is -2.46. The Bertz CT molecular complexity index is 481. The predicted octanol–water partition coefficient (Wildman–Crippen LogP) is 2.53. The molecule has 1 unspecified atom stereocenters. The average Bonchev–Trinajstić information content (AvgIpc) is 2.26. The molecule has 112 valence electrons. The SMILES string of the molecule is CC(Oc1cc(F)ccc1[C@@H](C)N)C(=O)NC(C)(C)C. The number of carbonyl (C=O) groups excluding carboxylic acids is 1. The van der Waals surface area contributed by atoms with Crippen LogP contribution in [0.4, 0.5) is 4.39 Å². The van der Waals surface area contributed by atoms with Crippen LogP contribution < -0.4 is 15.8 Å². The highest BCUT2D eigenvalue weighted by Crippen LogP contribution is 2.25. The Morgan fingerprint density at radius 3 is 2.45 bits per heavy atom. The van der Waals surface area contributed by atoms with Gasteiger partial charge in [0.15, 0.2) is 6.10 Å². The lowest BCUT2D eigenvalue weighted by molar-refractivity contribution is -0.128. The summed E-state index contributed by atoms with van der Waals surface area (Å²) in [4.78, 5) is 12.0. The average molecular weight is 282 g/mol. The fourth-order valence-corrected chi connectivity index (χ4v) is 1.70. The summed E-state index contributed by atoms with van der Waals surface area (Å²) in [5, 5.41) is 2.81. The molecule has 0 saturated heterocycles. The number of nitrogens with two attached hydrogens (primary N) is 1. The maximum atomic E-state index is 13.3. The van der Waals surface area contributed by atoms with Crippen molar-refractivity contribution in [3.8, 4) is 5.75 Å². The van der Waals surface area contributed by atoms with Crippen LogP contribution in [-0.2, 0) is 4.79 Å². The van der Waals surface area contributed by atoms with E-state index >= 15 is 0 Å². The van der Waals surface area contributed by atoms with Gasteiger partial charge in [0.1, 0.15) is 11.6 Å². The summed E-state index contributed by atoms with van der Waals surface area (Å²) < 4.78 is 18.9. The third-order valence-corrected chi connectivity index (χ3v) is 2.64. The molecule has 20 heavy (non-hydrogen) atoms. The molecule has 0 spiro atoms. The molecule has 0 fully saturated rings. The fourth-order valence-electron chi connectivity index (χ4n) is 1.70. The number of ether oxygens (including phenoxy) is 1. The number of hydrogen-bond donors (Lipinski definition) is 2. The Kier molecular flexibility index (Phi) is 5.11. The zero-order valence-corrected chi connectivity index (χ0v) is 12.7. The van der Waals surface area contributed by atoms with Crippen LogP contribution in [-0.4, -0.2) is 17.6 Å². The molecule has 0 radical (unpaired) electrons. The van der Waals surface area contributed by atoms with Gasteiger partial charge in [-0.2, -0.15) is 0 Å². The Labute approximate surface area is 119 Å². The van der Waals surface area contributed by atoms with Crippen LogP contribution in [0.3, 0.4) is 0 Å². The van der Waals surface area contributed by atoms with Crippen LogP contribution in [0.25, 0.3) is 0 Å². The molecule has 1 rings (SSSR count). The van der Waals surface area contributed by atoms with Gasteiger partial charge in [-0.3, -0.25) is 4.79 Å². The summed E-state index contributed by atoms with van der Waals surface area (Å²) in [5.74, 6) is -0.373. The summed E-state index contributed by atoms with van der Waals surface area (Å²) in [6.45, 7) is 9.05. The van der Waals surface area contributed by atoms with E-state index < -0.39 is 11.9 Å². The lowest BCUT2D eigenvalue weighted by atomic mass is 10.1. The molecule has 1 aromatic rings. The predicted molar refractivity (Wildman–Crippen MR) is 77.0 cm³/mol. The number of amides is 1. The highest BCUT2D eigenvalue weighted by molar-refractivity contribution is 5.81. The number of nitrogens with one attached hydrogen (secondary N) is 1. The van der Waals surface area contributed by atoms with Crippen LogP contribution in [0.5, 0.6) is 5.75 Å². The number of halogens is 1. The first-order valence-corrected chi connectivity index (χ1v) is 6.64. The zero-order valence-electron chi connectivity index (χ0n) is 12.7. The minimum Gasteiger partial charge on any atom is -0.480 e. The number of benzene rings is 1. The van der Waals surface area contributed by atoms with Crippen molar-refractivity contribution in [2.24, 2.45) is 5.73 Å². The third-order valence-electron chi connectivity index (χ3n) is 2.64. The van der Waals surface area contributed by atoms with E-state index in [4.69, 9.17) is 10.5 Å². The quantitative estimate of drug-likeness (QED) is 0.892. The molecule has 0 saturated carbocycles. The van der Waals surface area contributed by atoms with Crippen LogP contribution in [0.15, 0.2) is 18.2 Å². The summed E-state index contributed by atoms with van der Waals surface area (Å²) in [6, 6.07) is 3.85. The normalized spacial score (nSPS) is 14.6. The summed E-state index contributed by atoms with van der Waals surface area (Å²) in [6.07, 6.45) is -0.728. The van der Waals surface area contributed by atoms with Gasteiger partial charge < -0.3 is 15.8 Å². The molecule has 2 atom stereocenters. The minimum absolute atomic E-state index is 0.252. The van der Waals surface area contributed by atoms with Gasteiger partial charge in [0.2, 0.25) is 0 Å². The van der Waals surface area contributed by atoms with Gasteiger partial charge in [-0.25, -0.2) is 4.39 Å². The van der Waals surface area contributed by atoms with Gasteiger partial charge in [-0.1, -0.05) is 6.07 Å². The van der Waals surface area contributed by atoms with E-state index in [-0.39, 0.29) is 17.5 Å². The Morgan fingerprint density at radius 2 is 1.95 bits per heavy atom. The molecular weight excluding hydrogens is 259 g/mol. The second kappa shape index (κ2) is 6.22. The van der Waals surface area contributed by atoms with Gasteiger partial charge in [0.05, 0.1) is 0 Å². The number of carbonyl (C=O) groups is 1. The molecule has 3 N–H and O–H groups in total. The molecule has 4 nitrogen and oxygen atoms in total. The van der Waals surface area contributed by atoms with Crippen molar-refractivity contribution in [3.05, 3.63) is 29.6 Å². The number of hydrogen-bond acceptors (Lipinski definition) is 3. The summed E-state index contributed by atoms with van der Waals surface area (Å²) in [5.41, 5.74) is 6.14. The Hall–Kier alpha value is -1.62. The van der Waals surface area contributed by atoms with Crippen molar-refractivity contribution in [3.63, 3.8) is 0 Å². The summed E-state index contributed by atoms with van der Waals surface area (Å²) in [7, 11) is 0. The van der Waals surface area contributed by atoms with Crippen molar-refractivity contribution in [2.75, 3.05) is 0 Å². The van der Waals surface area contributed by atoms with Gasteiger partial charge in [0, 0.05) is 23.2 Å². The van der Waals surface area contributed by atoms with E-state index in [2.05, 4.69) is 5.32 Å². The maximum Gasteiger partial charge on any atom is 0.261 e. The van der Waals surface area contributed by atoms with E-state index in [1.807, 2.05) is 20.8 Å². The smallest absolute Gasteiger partial charge is 0.261 e. The lowest BCUT2D eigenvalue weighted by Gasteiger charge is -2.24. The topological polar surface area (TPSA) is 64.3 Å². The largest absolute Gasteiger partial charge is 0.480 e. The first-order chi connectivity index (χ1) is 9.10. The Morgan fingerprint density at radius 1 is 1.35 bits per heavy atom. The van der Waals surface area contributed by atoms with Gasteiger partial charge in [-0.05, 0) is 40.7 Å². The van der Waals surface area contributed by atoms with Crippen LogP contribution >= 0.6 is 0 Å². The van der Waals surface area contributed by atoms with Crippen molar-refractivity contribution in [1.29, 1.82) is 0 Å². The summed E-state index contributed by atoms with van der Waals surface area (Å²) >= 11 is 0. The molecule has 0 bridgehead atoms. The van der Waals surface area contributed by atoms with E-state index in [1.165, 1.54) is 12.1 Å². The molecular formula is C15H23FN2O2. The van der Waals surface area contributed by atoms with Crippen molar-refractivity contribution < 1.29 is 13.9 Å². The van der Waals surface area contributed by atoms with Gasteiger partial charge >= 0.3 is 0 Å². The number of rotatable bonds is 4. The standard InChI is InChI=1S/C15H23FN2O2/c1-9(17)12-7-6-11(16)8-13(12)20-10(2)14(19)18-15(3,4)5/h6-10H,17H2,1-5H3,(H,18,19)/t9-,10?/m1/s1. The van der Waals surface area contributed by atoms with Crippen LogP contribution in [0, 0.1) is 5.82 Å². The molecule has 0 aliphatic carbocycles. The second-order valence-corrected chi connectivity index (χ2v) is 5.97. The van der Waals surface area contributed by atoms with Crippen molar-refractivity contribution in [1.82, 2.24) is 5.32 Å².